The van der Waals surface area contributed by atoms with Gasteiger partial charge in [0.1, 0.15) is 64.8 Å². The average molecular weight is 1810 g/mol. The molecule has 12 atom stereocenters. The second kappa shape index (κ2) is 39.9. The fraction of sp³-hybridized carbons (Fsp3) is 0.505. The van der Waals surface area contributed by atoms with Crippen molar-refractivity contribution in [2.75, 3.05) is 87.3 Å². The van der Waals surface area contributed by atoms with Gasteiger partial charge in [0, 0.05) is 166 Å². The van der Waals surface area contributed by atoms with E-state index in [1.165, 1.54) is 58.6 Å². The smallest absolute Gasteiger partial charge is 0.339 e. The number of nitrogens with zero attached hydrogens (tertiary/aromatic N) is 4. The molecule has 11 N–H and O–H groups in total. The highest BCUT2D eigenvalue weighted by Gasteiger charge is 2.59. The number of nitrogens with two attached hydrogens (primary N) is 1. The van der Waals surface area contributed by atoms with Crippen LogP contribution < -0.4 is 61.8 Å². The standard InChI is InChI=1S/C97H117FN10O23/c1-49(2)77(103-70(111)21-13-12-14-35-108-48-126-40-17-22-71(108)112)66(110)42-57(20-16-34-100-95(99)123)93(120)102-58-27-23-55(24-28-58)47-127-67-43-61(106-36-29-59(30-37-106)101-60-31-38-107(39-32-60)81-65(98)46-63-72(88(81)125-11)62(56-25-26-56)45-64(84(63)115)94(121)122)44-68-78(67)104-79-73-74-85(116)76-87-75(73)90(118)97(9,131-87)128-41-33-69(124-10)96(76,8)91(129-54(7)109)53(6)83(114)52(5)82(113)50(3)18-15-19-51(4)92(119)105-80(86(74)117)89(79)130-68/h15,17-19,22-24,27-28,33,41,43-46,49-50,52-53,56-57,59-60,62,69,77,82-83,91,101,113-114,116H,12-14,16,20-21,25-26,29-32,34-40,42,47-48H2,1-11H3,(H,102,120)(H,103,111)(H,105,119)(H,121,122)(H3,99,100,123)/b18-15+,41-33+,51-19-/t50-,52+,53+,57+,62?,69-,77-,82-,83+,91-,96+,97-/m0/s1. The Labute approximate surface area is 757 Å². The fourth-order valence-electron chi connectivity index (χ4n) is 19.6. The summed E-state index contributed by atoms with van der Waals surface area (Å²) in [6.45, 7) is 16.8. The van der Waals surface area contributed by atoms with E-state index in [1.807, 2.05) is 4.90 Å². The first-order valence-electron chi connectivity index (χ1n) is 45.1. The van der Waals surface area contributed by atoms with Gasteiger partial charge in [-0.15, -0.1) is 0 Å². The van der Waals surface area contributed by atoms with Crippen LogP contribution in [-0.2, 0) is 64.5 Å². The number of ether oxygens (including phenoxy) is 7. The summed E-state index contributed by atoms with van der Waals surface area (Å²) in [4.78, 5) is 164. The quantitative estimate of drug-likeness (QED) is 0.00685. The van der Waals surface area contributed by atoms with Crippen LogP contribution in [0.3, 0.4) is 0 Å². The zero-order valence-corrected chi connectivity index (χ0v) is 75.6. The number of carbonyl (C=O) groups is 10. The number of nitrogens with one attached hydrogen (secondary N) is 5. The number of aliphatic hydroxyl groups excluding tert-OH is 2. The van der Waals surface area contributed by atoms with E-state index in [0.29, 0.717) is 107 Å². The lowest BCUT2D eigenvalue weighted by atomic mass is 9.65. The number of aliphatic carboxylic acids is 1. The first-order chi connectivity index (χ1) is 62.5. The number of benzene rings is 5. The Morgan fingerprint density at radius 1 is 0.863 bits per heavy atom. The summed E-state index contributed by atoms with van der Waals surface area (Å²) in [6, 6.07) is 9.67. The third kappa shape index (κ3) is 19.8. The van der Waals surface area contributed by atoms with Crippen molar-refractivity contribution in [3.63, 3.8) is 0 Å². The number of anilines is 4. The molecule has 10 aliphatic rings. The second-order valence-corrected chi connectivity index (χ2v) is 36.5. The number of hydrogen-bond acceptors (Lipinski definition) is 26. The molecule has 700 valence electrons. The Bertz CT molecular complexity index is 5650. The molecule has 34 heteroatoms. The lowest BCUT2D eigenvalue weighted by Gasteiger charge is -2.46. The number of primary amides is 1. The normalized spacial score (nSPS) is 25.1. The van der Waals surface area contributed by atoms with Gasteiger partial charge < -0.3 is 105 Å². The van der Waals surface area contributed by atoms with Crippen molar-refractivity contribution in [2.45, 2.75) is 212 Å². The Balaban J connectivity index is 0.804. The van der Waals surface area contributed by atoms with Gasteiger partial charge in [0.2, 0.25) is 28.9 Å². The number of rotatable bonds is 29. The maximum Gasteiger partial charge on any atom is 0.339 e. The third-order valence-corrected chi connectivity index (χ3v) is 27.0. The molecule has 2 saturated heterocycles. The highest BCUT2D eigenvalue weighted by Crippen LogP contribution is 2.59. The van der Waals surface area contributed by atoms with E-state index < -0.39 is 141 Å². The van der Waals surface area contributed by atoms with Crippen LogP contribution in [0.4, 0.5) is 31.9 Å². The number of urea groups is 1. The first kappa shape index (κ1) is 95.0. The van der Waals surface area contributed by atoms with E-state index in [2.05, 4.69) is 31.5 Å². The Kier molecular flexibility index (Phi) is 28.9. The minimum atomic E-state index is -2.26. The summed E-state index contributed by atoms with van der Waals surface area (Å²) in [5.74, 6) is -14.5. The number of aliphatic hydroxyl groups is 2. The Morgan fingerprint density at radius 2 is 1.57 bits per heavy atom. The van der Waals surface area contributed by atoms with Gasteiger partial charge in [-0.05, 0) is 120 Å². The van der Waals surface area contributed by atoms with E-state index in [4.69, 9.17) is 48.3 Å². The van der Waals surface area contributed by atoms with E-state index in [1.54, 1.807) is 101 Å². The molecule has 33 nitrogen and oxygen atoms in total. The lowest BCUT2D eigenvalue weighted by molar-refractivity contribution is -0.164. The molecule has 3 fully saturated rings. The van der Waals surface area contributed by atoms with Crippen molar-refractivity contribution >= 4 is 104 Å². The summed E-state index contributed by atoms with van der Waals surface area (Å²) in [7, 11) is 2.77. The van der Waals surface area contributed by atoms with Crippen LogP contribution in [0.25, 0.3) is 33.3 Å². The number of aromatic nitrogens is 1. The molecule has 7 aliphatic heterocycles. The molecule has 4 aromatic rings. The minimum absolute atomic E-state index is 0.00160. The van der Waals surface area contributed by atoms with Crippen LogP contribution in [0.2, 0.25) is 0 Å². The summed E-state index contributed by atoms with van der Waals surface area (Å²) in [5, 5.41) is 62.2. The summed E-state index contributed by atoms with van der Waals surface area (Å²) < 4.78 is 67.4. The summed E-state index contributed by atoms with van der Waals surface area (Å²) in [6.07, 6.45) is 12.5. The SMILES string of the molecule is COc1c2c(cc(F)c1N1CCC(NC3CCN(c4cc(OCc5ccc(NC(=O)[C@H](CCCNC(N)=O)CC(=O)[C@@H](NC(=O)CCCCCN6COCC=CC6=O)C(C)C)cc5)c5nc6c7c8c9c%10c(O)c7c(=O)c(c-6oc5c4)NC(=O)/C(C)=C\C=C\[C@H](C)[C@H](O)[C@@H](C)[C@@H](O)[C@@H](C)[C@H](OC(C)=O)[C@]%10(C)[C@@H](OC)/C=C/O[C@@](C)(O9)C8=O)CC3)CC1)C(=O)C(C(=O)O)=CC2C1CC1. The predicted octanol–water partition coefficient (Wildman–Crippen LogP) is 11.0. The number of fused-ring (bicyclic) bond motifs is 8. The van der Waals surface area contributed by atoms with Gasteiger partial charge in [0.25, 0.3) is 11.7 Å². The van der Waals surface area contributed by atoms with Crippen molar-refractivity contribution in [1.29, 1.82) is 0 Å². The number of Topliss-reactive ketones (excluding diaryl/α,β-unsaturated/α-hetero) is 3. The number of phenols is 1. The van der Waals surface area contributed by atoms with Crippen LogP contribution in [-0.4, -0.2) is 204 Å². The first-order valence-corrected chi connectivity index (χ1v) is 45.1. The number of esters is 1. The molecule has 1 saturated carbocycles. The fourth-order valence-corrected chi connectivity index (χ4v) is 19.6. The molecule has 0 radical (unpaired) electrons. The number of piperidine rings is 2. The maximum absolute atomic E-state index is 16.6. The third-order valence-electron chi connectivity index (χ3n) is 27.0. The number of carboxylic acid groups (broad SMARTS) is 1. The maximum atomic E-state index is 16.6. The van der Waals surface area contributed by atoms with Gasteiger partial charge in [0.05, 0.1) is 66.3 Å². The number of hydrogen-bond donors (Lipinski definition) is 10. The molecule has 14 rings (SSSR count). The van der Waals surface area contributed by atoms with E-state index in [-0.39, 0.29) is 166 Å². The number of phenolic OH excluding ortho intramolecular Hbond substituents is 1. The number of aromatic hydroxyl groups is 1. The minimum Gasteiger partial charge on any atom is -0.507 e. The molecular weight excluding hydrogens is 1690 g/mol. The van der Waals surface area contributed by atoms with Gasteiger partial charge in [0.15, 0.2) is 28.7 Å². The lowest BCUT2D eigenvalue weighted by Crippen LogP contribution is -2.55. The van der Waals surface area contributed by atoms with Crippen molar-refractivity contribution in [1.82, 2.24) is 25.8 Å². The number of carboxylic acids is 1. The van der Waals surface area contributed by atoms with Crippen LogP contribution in [0.15, 0.2) is 112 Å². The van der Waals surface area contributed by atoms with Crippen molar-refractivity contribution in [2.24, 2.45) is 41.2 Å². The van der Waals surface area contributed by atoms with Gasteiger partial charge in [-0.1, -0.05) is 83.6 Å². The number of carbonyl (C=O) groups excluding carboxylic acids is 9. The van der Waals surface area contributed by atoms with Crippen molar-refractivity contribution in [3.05, 3.63) is 146 Å². The van der Waals surface area contributed by atoms with E-state index >= 15 is 14.0 Å². The molecule has 0 spiro atoms. The summed E-state index contributed by atoms with van der Waals surface area (Å²) in [5.41, 5.74) is 2.85. The zero-order valence-electron chi connectivity index (χ0n) is 75.6. The second-order valence-electron chi connectivity index (χ2n) is 36.5. The number of amides is 6. The van der Waals surface area contributed by atoms with Gasteiger partial charge in [-0.25, -0.2) is 19.0 Å². The number of unbranched alkanes of at least 4 members (excludes halogenated alkanes) is 2. The highest BCUT2D eigenvalue weighted by molar-refractivity contribution is 6.26. The van der Waals surface area contributed by atoms with Crippen molar-refractivity contribution < 1.29 is 110 Å². The van der Waals surface area contributed by atoms with Gasteiger partial charge in [-0.3, -0.25) is 43.2 Å². The van der Waals surface area contributed by atoms with Crippen LogP contribution in [0, 0.1) is 41.3 Å². The largest absolute Gasteiger partial charge is 0.507 e. The number of halogens is 1. The molecule has 4 aromatic carbocycles. The predicted molar refractivity (Wildman–Crippen MR) is 483 cm³/mol. The van der Waals surface area contributed by atoms with E-state index in [9.17, 15) is 63.6 Å². The van der Waals surface area contributed by atoms with Crippen LogP contribution in [0.1, 0.15) is 189 Å². The molecular formula is C97H117FN10O23. The monoisotopic (exact) mass is 1810 g/mol. The molecule has 3 aliphatic carbocycles. The Morgan fingerprint density at radius 3 is 2.24 bits per heavy atom. The topological polar surface area (TPSA) is 455 Å². The molecule has 131 heavy (non-hydrogen) atoms. The zero-order chi connectivity index (χ0) is 93.9. The number of methoxy groups -OCH3 is 2. The molecule has 7 heterocycles. The van der Waals surface area contributed by atoms with Crippen LogP contribution >= 0.6 is 0 Å². The molecule has 5 bridgehead atoms. The van der Waals surface area contributed by atoms with Gasteiger partial charge in [-0.2, -0.15) is 0 Å². The number of allylic oxidation sites excluding steroid dienone is 3. The Hall–Kier alpha value is -12.1. The molecule has 1 unspecified atom stereocenters. The van der Waals surface area contributed by atoms with Crippen molar-refractivity contribution in [3.8, 4) is 34.5 Å². The average Bonchev–Trinajstić information content (AvgIpc) is 1.56. The summed E-state index contributed by atoms with van der Waals surface area (Å²) >= 11 is 0. The van der Waals surface area contributed by atoms with Crippen LogP contribution in [0.5, 0.6) is 23.0 Å². The molecule has 0 aromatic heterocycles. The number of ketones is 3. The molecule has 6 amide bonds. The highest BCUT2D eigenvalue weighted by atomic mass is 19.1. The van der Waals surface area contributed by atoms with E-state index in [0.717, 1.165) is 25.8 Å². The van der Waals surface area contributed by atoms with Gasteiger partial charge >= 0.3 is 23.8 Å².